The number of hydrogen-bond acceptors (Lipinski definition) is 3. The van der Waals surface area contributed by atoms with Crippen molar-refractivity contribution in [3.05, 3.63) is 54.4 Å². The molecule has 1 aliphatic heterocycles. The number of hydrogen-bond donors (Lipinski definition) is 1. The number of likely N-dealkylation sites (tertiary alicyclic amines) is 1. The number of benzene rings is 1. The van der Waals surface area contributed by atoms with Crippen LogP contribution in [0.25, 0.3) is 11.1 Å². The minimum atomic E-state index is -0.663. The molecule has 1 unspecified atom stereocenters. The summed E-state index contributed by atoms with van der Waals surface area (Å²) in [6.45, 7) is 0.612. The zero-order valence-corrected chi connectivity index (χ0v) is 11.1. The Morgan fingerprint density at radius 1 is 1.25 bits per heavy atom. The molecule has 1 fully saturated rings. The first-order valence-electron chi connectivity index (χ1n) is 6.76. The number of aliphatic hydroxyl groups is 1. The minimum Gasteiger partial charge on any atom is -0.374 e. The Morgan fingerprint density at radius 3 is 2.80 bits per heavy atom. The Hall–Kier alpha value is -2.20. The highest BCUT2D eigenvalue weighted by atomic mass is 16.3. The van der Waals surface area contributed by atoms with Gasteiger partial charge in [0.15, 0.2) is 0 Å². The summed E-state index contributed by atoms with van der Waals surface area (Å²) in [5.74, 6) is -0.116. The van der Waals surface area contributed by atoms with Crippen LogP contribution in [0.3, 0.4) is 0 Å². The highest BCUT2D eigenvalue weighted by Crippen LogP contribution is 2.26. The lowest BCUT2D eigenvalue weighted by Gasteiger charge is -2.21. The quantitative estimate of drug-likeness (QED) is 0.909. The third kappa shape index (κ3) is 2.30. The number of amides is 1. The van der Waals surface area contributed by atoms with Gasteiger partial charge in [-0.25, -0.2) is 0 Å². The highest BCUT2D eigenvalue weighted by molar-refractivity contribution is 6.01. The number of nitrogens with zero attached hydrogens (tertiary/aromatic N) is 2. The molecule has 1 aromatic heterocycles. The lowest BCUT2D eigenvalue weighted by atomic mass is 10.0. The van der Waals surface area contributed by atoms with Gasteiger partial charge in [-0.05, 0) is 30.5 Å². The smallest absolute Gasteiger partial charge is 0.256 e. The molecule has 0 bridgehead atoms. The molecule has 1 N–H and O–H groups in total. The van der Waals surface area contributed by atoms with E-state index in [0.29, 0.717) is 18.5 Å². The Kier molecular flexibility index (Phi) is 3.48. The van der Waals surface area contributed by atoms with Crippen molar-refractivity contribution in [2.45, 2.75) is 19.1 Å². The van der Waals surface area contributed by atoms with Gasteiger partial charge in [-0.3, -0.25) is 9.78 Å². The summed E-state index contributed by atoms with van der Waals surface area (Å²) in [6, 6.07) is 11.2. The molecule has 1 saturated heterocycles. The van der Waals surface area contributed by atoms with E-state index in [1.165, 1.54) is 4.90 Å². The molecule has 20 heavy (non-hydrogen) atoms. The van der Waals surface area contributed by atoms with E-state index >= 15 is 0 Å². The van der Waals surface area contributed by atoms with Crippen LogP contribution >= 0.6 is 0 Å². The molecule has 2 aromatic rings. The van der Waals surface area contributed by atoms with Gasteiger partial charge in [0.05, 0.1) is 0 Å². The fourth-order valence-electron chi connectivity index (χ4n) is 2.58. The predicted octanol–water partition coefficient (Wildman–Crippen LogP) is 2.30. The largest absolute Gasteiger partial charge is 0.374 e. The second-order valence-electron chi connectivity index (χ2n) is 4.91. The summed E-state index contributed by atoms with van der Waals surface area (Å²) in [4.78, 5) is 18.2. The molecule has 1 atom stereocenters. The molecule has 4 heteroatoms. The summed E-state index contributed by atoms with van der Waals surface area (Å²) in [6.07, 6.45) is 4.29. The van der Waals surface area contributed by atoms with Crippen molar-refractivity contribution in [2.75, 3.05) is 6.54 Å². The number of rotatable bonds is 2. The predicted molar refractivity (Wildman–Crippen MR) is 76.0 cm³/mol. The Balaban J connectivity index is 2.00. The Labute approximate surface area is 117 Å². The molecule has 102 valence electrons. The maximum absolute atomic E-state index is 12.6. The molecule has 0 radical (unpaired) electrons. The van der Waals surface area contributed by atoms with E-state index in [-0.39, 0.29) is 5.91 Å². The van der Waals surface area contributed by atoms with Crippen LogP contribution in [-0.4, -0.2) is 33.7 Å². The van der Waals surface area contributed by atoms with Gasteiger partial charge in [0.25, 0.3) is 5.91 Å². The van der Waals surface area contributed by atoms with E-state index in [4.69, 9.17) is 0 Å². The molecular formula is C16H16N2O2. The third-order valence-corrected chi connectivity index (χ3v) is 3.61. The second kappa shape index (κ2) is 5.43. The Bertz CT molecular complexity index is 613. The van der Waals surface area contributed by atoms with Crippen LogP contribution in [0.5, 0.6) is 0 Å². The van der Waals surface area contributed by atoms with E-state index in [0.717, 1.165) is 17.5 Å². The van der Waals surface area contributed by atoms with Crippen molar-refractivity contribution in [3.63, 3.8) is 0 Å². The van der Waals surface area contributed by atoms with Crippen LogP contribution in [0.2, 0.25) is 0 Å². The van der Waals surface area contributed by atoms with Gasteiger partial charge >= 0.3 is 0 Å². The first-order chi connectivity index (χ1) is 9.77. The van der Waals surface area contributed by atoms with Gasteiger partial charge in [-0.2, -0.15) is 0 Å². The van der Waals surface area contributed by atoms with Crippen LogP contribution in [0, 0.1) is 0 Å². The van der Waals surface area contributed by atoms with Crippen molar-refractivity contribution in [1.82, 2.24) is 9.88 Å². The van der Waals surface area contributed by atoms with Crippen molar-refractivity contribution >= 4 is 5.91 Å². The molecule has 3 rings (SSSR count). The fraction of sp³-hybridized carbons (Fsp3) is 0.250. The minimum absolute atomic E-state index is 0.116. The average molecular weight is 268 g/mol. The first-order valence-corrected chi connectivity index (χ1v) is 6.76. The van der Waals surface area contributed by atoms with Crippen molar-refractivity contribution in [1.29, 1.82) is 0 Å². The van der Waals surface area contributed by atoms with Crippen LogP contribution in [0.15, 0.2) is 48.8 Å². The fourth-order valence-corrected chi connectivity index (χ4v) is 2.58. The van der Waals surface area contributed by atoms with Crippen LogP contribution in [0.4, 0.5) is 0 Å². The summed E-state index contributed by atoms with van der Waals surface area (Å²) < 4.78 is 0. The Morgan fingerprint density at radius 2 is 2.10 bits per heavy atom. The molecule has 1 aromatic carbocycles. The van der Waals surface area contributed by atoms with Crippen LogP contribution in [-0.2, 0) is 0 Å². The monoisotopic (exact) mass is 268 g/mol. The molecule has 2 heterocycles. The zero-order chi connectivity index (χ0) is 13.9. The first kappa shape index (κ1) is 12.8. The number of aliphatic hydroxyl groups excluding tert-OH is 1. The van der Waals surface area contributed by atoms with Crippen molar-refractivity contribution in [3.8, 4) is 11.1 Å². The molecule has 0 saturated carbocycles. The molecule has 4 nitrogen and oxygen atoms in total. The highest BCUT2D eigenvalue weighted by Gasteiger charge is 2.28. The van der Waals surface area contributed by atoms with E-state index in [1.807, 2.05) is 30.3 Å². The van der Waals surface area contributed by atoms with Gasteiger partial charge in [-0.15, -0.1) is 0 Å². The van der Waals surface area contributed by atoms with Crippen LogP contribution < -0.4 is 0 Å². The van der Waals surface area contributed by atoms with E-state index < -0.39 is 6.23 Å². The van der Waals surface area contributed by atoms with Gasteiger partial charge in [0, 0.05) is 30.1 Å². The SMILES string of the molecule is O=C(c1ccccc1-c1cccnc1)N1CCCC1O. The lowest BCUT2D eigenvalue weighted by Crippen LogP contribution is -2.35. The van der Waals surface area contributed by atoms with Crippen molar-refractivity contribution in [2.24, 2.45) is 0 Å². The number of pyridine rings is 1. The maximum atomic E-state index is 12.6. The number of aromatic nitrogens is 1. The van der Waals surface area contributed by atoms with Crippen molar-refractivity contribution < 1.29 is 9.90 Å². The second-order valence-corrected chi connectivity index (χ2v) is 4.91. The topological polar surface area (TPSA) is 53.4 Å². The third-order valence-electron chi connectivity index (χ3n) is 3.61. The zero-order valence-electron chi connectivity index (χ0n) is 11.1. The molecule has 0 spiro atoms. The van der Waals surface area contributed by atoms with Gasteiger partial charge in [0.1, 0.15) is 6.23 Å². The lowest BCUT2D eigenvalue weighted by molar-refractivity contribution is 0.0294. The molecular weight excluding hydrogens is 252 g/mol. The summed E-state index contributed by atoms with van der Waals surface area (Å²) in [5.41, 5.74) is 2.37. The normalized spacial score (nSPS) is 18.2. The van der Waals surface area contributed by atoms with Gasteiger partial charge in [-0.1, -0.05) is 24.3 Å². The average Bonchev–Trinajstić information content (AvgIpc) is 2.93. The number of carbonyl (C=O) groups excluding carboxylic acids is 1. The van der Waals surface area contributed by atoms with E-state index in [9.17, 15) is 9.90 Å². The molecule has 1 amide bonds. The van der Waals surface area contributed by atoms with Crippen LogP contribution in [0.1, 0.15) is 23.2 Å². The van der Waals surface area contributed by atoms with Gasteiger partial charge in [0.2, 0.25) is 0 Å². The summed E-state index contributed by atoms with van der Waals surface area (Å²) >= 11 is 0. The molecule has 0 aliphatic carbocycles. The van der Waals surface area contributed by atoms with Gasteiger partial charge < -0.3 is 10.0 Å². The summed E-state index contributed by atoms with van der Waals surface area (Å²) in [7, 11) is 0. The standard InChI is InChI=1S/C16H16N2O2/c19-15-8-4-10-18(15)16(20)14-7-2-1-6-13(14)12-5-3-9-17-11-12/h1-3,5-7,9,11,15,19H,4,8,10H2. The number of carbonyl (C=O) groups is 1. The van der Waals surface area contributed by atoms with E-state index in [1.54, 1.807) is 18.5 Å². The summed E-state index contributed by atoms with van der Waals surface area (Å²) in [5, 5.41) is 9.87. The van der Waals surface area contributed by atoms with E-state index in [2.05, 4.69) is 4.98 Å². The molecule has 1 aliphatic rings. The maximum Gasteiger partial charge on any atom is 0.256 e.